The summed E-state index contributed by atoms with van der Waals surface area (Å²) in [5, 5.41) is 11.8. The van der Waals surface area contributed by atoms with Crippen LogP contribution in [0.4, 0.5) is 10.5 Å². The molecule has 4 rings (SSSR count). The van der Waals surface area contributed by atoms with Crippen molar-refractivity contribution in [2.45, 2.75) is 5.92 Å². The molecule has 0 aliphatic heterocycles. The van der Waals surface area contributed by atoms with Crippen LogP contribution in [0.25, 0.3) is 11.1 Å². The zero-order valence-corrected chi connectivity index (χ0v) is 16.8. The highest BCUT2D eigenvalue weighted by Crippen LogP contribution is 2.44. The van der Waals surface area contributed by atoms with E-state index in [1.807, 2.05) is 46.9 Å². The molecule has 140 valence electrons. The summed E-state index contributed by atoms with van der Waals surface area (Å²) in [7, 11) is 0. The molecule has 0 spiro atoms. The molecule has 0 radical (unpaired) electrons. The van der Waals surface area contributed by atoms with Crippen molar-refractivity contribution >= 4 is 40.3 Å². The lowest BCUT2D eigenvalue weighted by Crippen LogP contribution is -2.18. The summed E-state index contributed by atoms with van der Waals surface area (Å²) in [5.74, 6) is -1.07. The molecule has 6 heteroatoms. The number of aromatic carboxylic acids is 1. The third kappa shape index (κ3) is 3.60. The number of nitrogens with one attached hydrogen (secondary N) is 1. The smallest absolute Gasteiger partial charge is 0.411 e. The molecule has 1 aliphatic carbocycles. The Morgan fingerprint density at radius 3 is 2.18 bits per heavy atom. The Morgan fingerprint density at radius 1 is 0.964 bits per heavy atom. The summed E-state index contributed by atoms with van der Waals surface area (Å²) in [6.45, 7) is 0.204. The second kappa shape index (κ2) is 7.63. The predicted octanol–water partition coefficient (Wildman–Crippen LogP) is 5.35. The maximum Gasteiger partial charge on any atom is 0.411 e. The second-order valence-electron chi connectivity index (χ2n) is 6.48. The highest BCUT2D eigenvalue weighted by molar-refractivity contribution is 14.1. The maximum atomic E-state index is 12.3. The zero-order valence-electron chi connectivity index (χ0n) is 14.7. The van der Waals surface area contributed by atoms with E-state index in [0.717, 1.165) is 22.3 Å². The van der Waals surface area contributed by atoms with Crippen LogP contribution < -0.4 is 5.32 Å². The lowest BCUT2D eigenvalue weighted by molar-refractivity contribution is 0.0696. The first-order valence-electron chi connectivity index (χ1n) is 8.69. The molecular formula is C22H16INO4. The third-order valence-electron chi connectivity index (χ3n) is 4.73. The van der Waals surface area contributed by atoms with E-state index in [4.69, 9.17) is 9.84 Å². The van der Waals surface area contributed by atoms with E-state index in [0.29, 0.717) is 9.26 Å². The van der Waals surface area contributed by atoms with Crippen LogP contribution in [0.5, 0.6) is 0 Å². The molecule has 0 heterocycles. The Hall–Kier alpha value is -2.87. The van der Waals surface area contributed by atoms with Crippen molar-refractivity contribution in [1.82, 2.24) is 0 Å². The van der Waals surface area contributed by atoms with Crippen LogP contribution in [-0.2, 0) is 4.74 Å². The summed E-state index contributed by atoms with van der Waals surface area (Å²) in [5.41, 5.74) is 5.10. The van der Waals surface area contributed by atoms with Crippen LogP contribution in [0.15, 0.2) is 66.7 Å². The Kier molecular flexibility index (Phi) is 5.04. The van der Waals surface area contributed by atoms with Crippen molar-refractivity contribution in [2.24, 2.45) is 0 Å². The molecule has 0 atom stereocenters. The molecule has 1 aliphatic rings. The third-order valence-corrected chi connectivity index (χ3v) is 5.36. The molecule has 5 nitrogen and oxygen atoms in total. The standard InChI is InChI=1S/C22H16INO4/c23-14-9-13(21(25)26)10-15(11-14)24-22(27)28-12-20-18-7-3-1-5-16(18)17-6-2-4-8-19(17)20/h1-11,20H,12H2,(H,24,27)(H,25,26). The predicted molar refractivity (Wildman–Crippen MR) is 115 cm³/mol. The molecule has 0 bridgehead atoms. The van der Waals surface area contributed by atoms with Crippen LogP contribution in [0.2, 0.25) is 0 Å². The van der Waals surface area contributed by atoms with Crippen molar-refractivity contribution in [3.63, 3.8) is 0 Å². The number of carbonyl (C=O) groups excluding carboxylic acids is 1. The zero-order chi connectivity index (χ0) is 19.7. The van der Waals surface area contributed by atoms with Crippen LogP contribution in [0.3, 0.4) is 0 Å². The number of rotatable bonds is 4. The Labute approximate surface area is 175 Å². The molecule has 2 N–H and O–H groups in total. The van der Waals surface area contributed by atoms with Crippen LogP contribution in [0.1, 0.15) is 27.4 Å². The van der Waals surface area contributed by atoms with Gasteiger partial charge in [0, 0.05) is 15.2 Å². The minimum atomic E-state index is -1.05. The maximum absolute atomic E-state index is 12.3. The Morgan fingerprint density at radius 2 is 1.57 bits per heavy atom. The summed E-state index contributed by atoms with van der Waals surface area (Å²) < 4.78 is 6.20. The van der Waals surface area contributed by atoms with Gasteiger partial charge in [-0.1, -0.05) is 48.5 Å². The first kappa shape index (κ1) is 18.5. The number of fused-ring (bicyclic) bond motifs is 3. The number of hydrogen-bond acceptors (Lipinski definition) is 3. The molecule has 0 saturated heterocycles. The quantitative estimate of drug-likeness (QED) is 0.489. The van der Waals surface area contributed by atoms with Gasteiger partial charge in [-0.05, 0) is 63.0 Å². The van der Waals surface area contributed by atoms with Crippen molar-refractivity contribution in [1.29, 1.82) is 0 Å². The normalized spacial score (nSPS) is 12.2. The summed E-state index contributed by atoms with van der Waals surface area (Å²) in [6.07, 6.45) is -0.611. The van der Waals surface area contributed by atoms with Crippen molar-refractivity contribution < 1.29 is 19.4 Å². The van der Waals surface area contributed by atoms with E-state index in [1.54, 1.807) is 6.07 Å². The second-order valence-corrected chi connectivity index (χ2v) is 7.73. The van der Waals surface area contributed by atoms with E-state index < -0.39 is 12.1 Å². The van der Waals surface area contributed by atoms with Crippen molar-refractivity contribution in [2.75, 3.05) is 11.9 Å². The van der Waals surface area contributed by atoms with Crippen molar-refractivity contribution in [3.8, 4) is 11.1 Å². The van der Waals surface area contributed by atoms with Gasteiger partial charge in [-0.2, -0.15) is 0 Å². The molecule has 0 saturated carbocycles. The number of benzene rings is 3. The van der Waals surface area contributed by atoms with E-state index in [2.05, 4.69) is 29.6 Å². The van der Waals surface area contributed by atoms with Gasteiger partial charge >= 0.3 is 12.1 Å². The molecule has 0 aromatic heterocycles. The van der Waals surface area contributed by atoms with Gasteiger partial charge in [0.1, 0.15) is 6.61 Å². The summed E-state index contributed by atoms with van der Waals surface area (Å²) >= 11 is 2.01. The Bertz CT molecular complexity index is 1030. The van der Waals surface area contributed by atoms with Gasteiger partial charge in [-0.15, -0.1) is 0 Å². The van der Waals surface area contributed by atoms with E-state index in [1.165, 1.54) is 12.1 Å². The molecular weight excluding hydrogens is 469 g/mol. The number of carboxylic acid groups (broad SMARTS) is 1. The van der Waals surface area contributed by atoms with Gasteiger partial charge in [0.2, 0.25) is 0 Å². The molecule has 3 aromatic rings. The number of hydrogen-bond donors (Lipinski definition) is 2. The highest BCUT2D eigenvalue weighted by atomic mass is 127. The topological polar surface area (TPSA) is 75.6 Å². The van der Waals surface area contributed by atoms with E-state index in [9.17, 15) is 9.59 Å². The van der Waals surface area contributed by atoms with Gasteiger partial charge in [0.25, 0.3) is 0 Å². The largest absolute Gasteiger partial charge is 0.478 e. The lowest BCUT2D eigenvalue weighted by Gasteiger charge is -2.15. The molecule has 28 heavy (non-hydrogen) atoms. The fourth-order valence-electron chi connectivity index (χ4n) is 3.54. The summed E-state index contributed by atoms with van der Waals surface area (Å²) in [4.78, 5) is 23.5. The number of carbonyl (C=O) groups is 2. The Balaban J connectivity index is 1.49. The van der Waals surface area contributed by atoms with Crippen LogP contribution in [-0.4, -0.2) is 23.8 Å². The molecule has 1 amide bonds. The van der Waals surface area contributed by atoms with E-state index in [-0.39, 0.29) is 18.1 Å². The monoisotopic (exact) mass is 485 g/mol. The number of amides is 1. The van der Waals surface area contributed by atoms with Crippen LogP contribution >= 0.6 is 22.6 Å². The van der Waals surface area contributed by atoms with Gasteiger partial charge in [0.05, 0.1) is 5.56 Å². The highest BCUT2D eigenvalue weighted by Gasteiger charge is 2.29. The van der Waals surface area contributed by atoms with Gasteiger partial charge < -0.3 is 9.84 Å². The number of carboxylic acids is 1. The van der Waals surface area contributed by atoms with Crippen LogP contribution in [0, 0.1) is 3.57 Å². The van der Waals surface area contributed by atoms with E-state index >= 15 is 0 Å². The number of anilines is 1. The summed E-state index contributed by atoms with van der Waals surface area (Å²) in [6, 6.07) is 20.9. The van der Waals surface area contributed by atoms with Crippen molar-refractivity contribution in [3.05, 3.63) is 87.0 Å². The molecule has 0 unspecified atom stereocenters. The first-order chi connectivity index (χ1) is 13.5. The fourth-order valence-corrected chi connectivity index (χ4v) is 4.21. The molecule has 0 fully saturated rings. The minimum Gasteiger partial charge on any atom is -0.478 e. The first-order valence-corrected chi connectivity index (χ1v) is 9.76. The average molecular weight is 485 g/mol. The lowest BCUT2D eigenvalue weighted by atomic mass is 9.98. The number of ether oxygens (including phenoxy) is 1. The van der Waals surface area contributed by atoms with Gasteiger partial charge in [-0.25, -0.2) is 9.59 Å². The van der Waals surface area contributed by atoms with Gasteiger partial charge in [0.15, 0.2) is 0 Å². The number of halogens is 1. The minimum absolute atomic E-state index is 0.0244. The fraction of sp³-hybridized carbons (Fsp3) is 0.0909. The van der Waals surface area contributed by atoms with Gasteiger partial charge in [-0.3, -0.25) is 5.32 Å². The SMILES string of the molecule is O=C(Nc1cc(I)cc(C(=O)O)c1)OCC1c2ccccc2-c2ccccc21. The average Bonchev–Trinajstić information content (AvgIpc) is 3.00. The molecule has 3 aromatic carbocycles.